The van der Waals surface area contributed by atoms with E-state index in [1.807, 2.05) is 0 Å². The number of aliphatic hydroxyl groups is 1. The van der Waals surface area contributed by atoms with Crippen molar-refractivity contribution < 1.29 is 18.3 Å². The molecule has 0 aromatic carbocycles. The molecule has 1 fully saturated rings. The summed E-state index contributed by atoms with van der Waals surface area (Å²) in [4.78, 5) is 22.0. The summed E-state index contributed by atoms with van der Waals surface area (Å²) in [7, 11) is -3.96. The van der Waals surface area contributed by atoms with Crippen LogP contribution in [0, 0.1) is 0 Å². The number of ether oxygens (including phenoxy) is 1. The summed E-state index contributed by atoms with van der Waals surface area (Å²) in [6.07, 6.45) is 0.0203. The lowest BCUT2D eigenvalue weighted by Crippen LogP contribution is -2.44. The summed E-state index contributed by atoms with van der Waals surface area (Å²) in [5.74, 6) is -0.0832. The van der Waals surface area contributed by atoms with Gasteiger partial charge in [0.25, 0.3) is 15.8 Å². The summed E-state index contributed by atoms with van der Waals surface area (Å²) in [6, 6.07) is -0.725. The van der Waals surface area contributed by atoms with Crippen LogP contribution in [-0.2, 0) is 14.9 Å². The van der Waals surface area contributed by atoms with Gasteiger partial charge in [0, 0.05) is 6.42 Å². The van der Waals surface area contributed by atoms with E-state index in [0.717, 1.165) is 0 Å². The highest BCUT2D eigenvalue weighted by atomic mass is 32.2. The van der Waals surface area contributed by atoms with Crippen LogP contribution in [0.4, 0.5) is 5.95 Å². The second-order valence-corrected chi connectivity index (χ2v) is 6.42. The number of H-pyrrole nitrogens is 1. The largest absolute Gasteiger partial charge is 0.394 e. The minimum absolute atomic E-state index is 0.0752. The number of aromatic amines is 1. The van der Waals surface area contributed by atoms with Crippen LogP contribution in [-0.4, -0.2) is 51.8 Å². The standard InChI is InChI=1S/C10H15N7O5S/c11-10-14-8-7(9(19)15-10)13-3-17(8)6-1-4(5(2-18)22-6)16-23(12,20)21/h3-6,16,18H,1-2H2,(H2,12,20,21)(H3,11,14,15,19)/t4-,5+,6+/m0/s1. The van der Waals surface area contributed by atoms with Crippen LogP contribution in [0.3, 0.4) is 0 Å². The first-order valence-electron chi connectivity index (χ1n) is 6.57. The number of hydrogen-bond acceptors (Lipinski definition) is 8. The van der Waals surface area contributed by atoms with Crippen molar-refractivity contribution in [1.82, 2.24) is 24.2 Å². The molecule has 3 heterocycles. The normalized spacial score (nSPS) is 25.2. The van der Waals surface area contributed by atoms with Crippen molar-refractivity contribution in [2.75, 3.05) is 12.3 Å². The highest BCUT2D eigenvalue weighted by Crippen LogP contribution is 2.30. The van der Waals surface area contributed by atoms with Gasteiger partial charge < -0.3 is 15.6 Å². The molecule has 0 radical (unpaired) electrons. The van der Waals surface area contributed by atoms with E-state index in [2.05, 4.69) is 19.7 Å². The Bertz CT molecular complexity index is 891. The number of nitrogens with one attached hydrogen (secondary N) is 2. The maximum absolute atomic E-state index is 11.8. The molecular weight excluding hydrogens is 330 g/mol. The SMILES string of the molecule is Nc1nc2c(ncn2[C@H]2C[C@H](NS(N)(=O)=O)[C@@H](CO)O2)c(=O)[nH]1. The number of nitrogens with two attached hydrogens (primary N) is 2. The number of nitrogens with zero attached hydrogens (tertiary/aromatic N) is 3. The first-order chi connectivity index (χ1) is 10.8. The summed E-state index contributed by atoms with van der Waals surface area (Å²) < 4.78 is 31.6. The van der Waals surface area contributed by atoms with Gasteiger partial charge in [-0.3, -0.25) is 14.3 Å². The smallest absolute Gasteiger partial charge is 0.280 e. The van der Waals surface area contributed by atoms with Crippen LogP contribution >= 0.6 is 0 Å². The minimum atomic E-state index is -3.96. The molecule has 23 heavy (non-hydrogen) atoms. The topological polar surface area (TPSA) is 191 Å². The van der Waals surface area contributed by atoms with E-state index in [0.29, 0.717) is 0 Å². The van der Waals surface area contributed by atoms with Crippen molar-refractivity contribution >= 4 is 27.3 Å². The van der Waals surface area contributed by atoms with Gasteiger partial charge in [0.05, 0.1) is 25.1 Å². The third-order valence-corrected chi connectivity index (χ3v) is 4.12. The van der Waals surface area contributed by atoms with Crippen molar-refractivity contribution in [2.24, 2.45) is 5.14 Å². The second-order valence-electron chi connectivity index (χ2n) is 5.09. The van der Waals surface area contributed by atoms with Gasteiger partial charge in [0.1, 0.15) is 6.23 Å². The average Bonchev–Trinajstić information content (AvgIpc) is 3.00. The Labute approximate surface area is 129 Å². The Kier molecular flexibility index (Phi) is 3.81. The van der Waals surface area contributed by atoms with Gasteiger partial charge >= 0.3 is 0 Å². The van der Waals surface area contributed by atoms with Crippen LogP contribution in [0.1, 0.15) is 12.6 Å². The third-order valence-electron chi connectivity index (χ3n) is 3.49. The van der Waals surface area contributed by atoms with E-state index in [4.69, 9.17) is 15.6 Å². The van der Waals surface area contributed by atoms with Gasteiger partial charge in [-0.1, -0.05) is 0 Å². The molecule has 2 aromatic rings. The van der Waals surface area contributed by atoms with E-state index < -0.39 is 40.7 Å². The molecule has 7 N–H and O–H groups in total. The van der Waals surface area contributed by atoms with Gasteiger partial charge in [-0.05, 0) is 0 Å². The zero-order valence-electron chi connectivity index (χ0n) is 11.7. The molecule has 0 aliphatic carbocycles. The Morgan fingerprint density at radius 1 is 1.57 bits per heavy atom. The molecule has 12 nitrogen and oxygen atoms in total. The Morgan fingerprint density at radius 3 is 2.96 bits per heavy atom. The fourth-order valence-corrected chi connectivity index (χ4v) is 3.23. The summed E-state index contributed by atoms with van der Waals surface area (Å²) in [5.41, 5.74) is 5.29. The van der Waals surface area contributed by atoms with Gasteiger partial charge in [0.15, 0.2) is 11.2 Å². The second kappa shape index (κ2) is 5.54. The maximum atomic E-state index is 11.8. The van der Waals surface area contributed by atoms with Crippen LogP contribution in [0.5, 0.6) is 0 Å². The summed E-state index contributed by atoms with van der Waals surface area (Å²) in [5, 5.41) is 14.3. The molecular formula is C10H15N7O5S. The molecule has 0 bridgehead atoms. The van der Waals surface area contributed by atoms with Crippen LogP contribution in [0.2, 0.25) is 0 Å². The van der Waals surface area contributed by atoms with Gasteiger partial charge in [-0.2, -0.15) is 18.1 Å². The Balaban J connectivity index is 1.95. The lowest BCUT2D eigenvalue weighted by molar-refractivity contribution is -0.0241. The third kappa shape index (κ3) is 3.04. The fraction of sp³-hybridized carbons (Fsp3) is 0.500. The minimum Gasteiger partial charge on any atom is -0.394 e. The number of fused-ring (bicyclic) bond motifs is 1. The van der Waals surface area contributed by atoms with E-state index >= 15 is 0 Å². The summed E-state index contributed by atoms with van der Waals surface area (Å²) >= 11 is 0. The van der Waals surface area contributed by atoms with Crippen molar-refractivity contribution in [3.05, 3.63) is 16.7 Å². The highest BCUT2D eigenvalue weighted by Gasteiger charge is 2.38. The molecule has 0 amide bonds. The molecule has 3 atom stereocenters. The predicted octanol–water partition coefficient (Wildman–Crippen LogP) is -2.86. The number of anilines is 1. The number of rotatable bonds is 4. The molecule has 1 aliphatic heterocycles. The number of aromatic nitrogens is 4. The van der Waals surface area contributed by atoms with Gasteiger partial charge in [0.2, 0.25) is 5.95 Å². The molecule has 0 spiro atoms. The first kappa shape index (κ1) is 15.8. The monoisotopic (exact) mass is 345 g/mol. The number of hydrogen-bond donors (Lipinski definition) is 5. The number of nitrogen functional groups attached to an aromatic ring is 1. The molecule has 126 valence electrons. The van der Waals surface area contributed by atoms with Gasteiger partial charge in [-0.15, -0.1) is 0 Å². The highest BCUT2D eigenvalue weighted by molar-refractivity contribution is 7.87. The Morgan fingerprint density at radius 2 is 2.30 bits per heavy atom. The summed E-state index contributed by atoms with van der Waals surface area (Å²) in [6.45, 7) is -0.410. The zero-order chi connectivity index (χ0) is 16.8. The van der Waals surface area contributed by atoms with Crippen molar-refractivity contribution in [3.63, 3.8) is 0 Å². The lowest BCUT2D eigenvalue weighted by atomic mass is 10.1. The molecule has 0 saturated carbocycles. The predicted molar refractivity (Wildman–Crippen MR) is 78.2 cm³/mol. The van der Waals surface area contributed by atoms with Crippen LogP contribution in [0.25, 0.3) is 11.2 Å². The lowest BCUT2D eigenvalue weighted by Gasteiger charge is -2.15. The van der Waals surface area contributed by atoms with Crippen LogP contribution < -0.4 is 21.2 Å². The zero-order valence-corrected chi connectivity index (χ0v) is 12.5. The van der Waals surface area contributed by atoms with E-state index in [1.54, 1.807) is 0 Å². The van der Waals surface area contributed by atoms with E-state index in [1.165, 1.54) is 10.9 Å². The Hall–Kier alpha value is -2.06. The van der Waals surface area contributed by atoms with E-state index in [9.17, 15) is 18.3 Å². The molecule has 1 saturated heterocycles. The van der Waals surface area contributed by atoms with E-state index in [-0.39, 0.29) is 23.5 Å². The van der Waals surface area contributed by atoms with Crippen molar-refractivity contribution in [3.8, 4) is 0 Å². The van der Waals surface area contributed by atoms with Crippen molar-refractivity contribution in [2.45, 2.75) is 24.8 Å². The number of aliphatic hydroxyl groups excluding tert-OH is 1. The maximum Gasteiger partial charge on any atom is 0.280 e. The average molecular weight is 345 g/mol. The fourth-order valence-electron chi connectivity index (χ4n) is 2.56. The quantitative estimate of drug-likeness (QED) is 0.390. The van der Waals surface area contributed by atoms with Gasteiger partial charge in [-0.25, -0.2) is 10.1 Å². The number of imidazole rings is 1. The molecule has 0 unspecified atom stereocenters. The first-order valence-corrected chi connectivity index (χ1v) is 8.12. The molecule has 2 aromatic heterocycles. The molecule has 13 heteroatoms. The molecule has 3 rings (SSSR count). The van der Waals surface area contributed by atoms with Crippen LogP contribution in [0.15, 0.2) is 11.1 Å². The molecule has 1 aliphatic rings. The van der Waals surface area contributed by atoms with Crippen molar-refractivity contribution in [1.29, 1.82) is 0 Å².